The highest BCUT2D eigenvalue weighted by molar-refractivity contribution is 9.10. The molecule has 0 spiro atoms. The van der Waals surface area contributed by atoms with E-state index in [2.05, 4.69) is 20.7 Å². The standard InChI is InChI=1S/C13H17BrClNO2S2/c1-19-13-5-3-2-4-12(13)16-20(17,18)9-6-7-11(15)10(14)8-9/h6-8,12-13,16H,2-5H2,1H3. The number of thioether (sulfide) groups is 1. The molecule has 1 aliphatic carbocycles. The van der Waals surface area contributed by atoms with Crippen LogP contribution in [0.1, 0.15) is 25.7 Å². The molecule has 7 heteroatoms. The van der Waals surface area contributed by atoms with Crippen LogP contribution < -0.4 is 4.72 Å². The van der Waals surface area contributed by atoms with Crippen LogP contribution in [0.5, 0.6) is 0 Å². The molecule has 0 bridgehead atoms. The van der Waals surface area contributed by atoms with Crippen molar-refractivity contribution >= 4 is 49.3 Å². The Labute approximate surface area is 138 Å². The largest absolute Gasteiger partial charge is 0.240 e. The smallest absolute Gasteiger partial charge is 0.207 e. The van der Waals surface area contributed by atoms with Gasteiger partial charge in [-0.15, -0.1) is 0 Å². The SMILES string of the molecule is CSC1CCCCC1NS(=O)(=O)c1ccc(Cl)c(Br)c1. The van der Waals surface area contributed by atoms with E-state index in [0.29, 0.717) is 14.7 Å². The lowest BCUT2D eigenvalue weighted by molar-refractivity contribution is 0.423. The van der Waals surface area contributed by atoms with Gasteiger partial charge in [0.05, 0.1) is 9.92 Å². The fourth-order valence-electron chi connectivity index (χ4n) is 2.43. The number of sulfonamides is 1. The van der Waals surface area contributed by atoms with Gasteiger partial charge in [0.1, 0.15) is 0 Å². The normalized spacial score (nSPS) is 23.8. The minimum Gasteiger partial charge on any atom is -0.207 e. The number of nitrogens with one attached hydrogen (secondary N) is 1. The van der Waals surface area contributed by atoms with Crippen molar-refractivity contribution in [1.29, 1.82) is 0 Å². The lowest BCUT2D eigenvalue weighted by atomic mass is 9.96. The molecule has 0 aliphatic heterocycles. The first-order valence-corrected chi connectivity index (χ1v) is 10.4. The molecule has 1 aliphatic rings. The van der Waals surface area contributed by atoms with Gasteiger partial charge in [0.25, 0.3) is 0 Å². The van der Waals surface area contributed by atoms with Crippen molar-refractivity contribution in [3.63, 3.8) is 0 Å². The number of rotatable bonds is 4. The lowest BCUT2D eigenvalue weighted by Crippen LogP contribution is -2.43. The predicted octanol–water partition coefficient (Wildman–Crippen LogP) is 4.06. The number of halogens is 2. The molecule has 0 radical (unpaired) electrons. The van der Waals surface area contributed by atoms with Gasteiger partial charge in [0.2, 0.25) is 10.0 Å². The van der Waals surface area contributed by atoms with Gasteiger partial charge in [-0.2, -0.15) is 11.8 Å². The second-order valence-corrected chi connectivity index (χ2v) is 8.91. The second kappa shape index (κ2) is 7.01. The molecular formula is C13H17BrClNO2S2. The molecule has 20 heavy (non-hydrogen) atoms. The van der Waals surface area contributed by atoms with Crippen LogP contribution in [0.25, 0.3) is 0 Å². The Morgan fingerprint density at radius 1 is 1.35 bits per heavy atom. The molecule has 2 unspecified atom stereocenters. The van der Waals surface area contributed by atoms with Gasteiger partial charge in [-0.25, -0.2) is 13.1 Å². The van der Waals surface area contributed by atoms with Gasteiger partial charge in [0.15, 0.2) is 0 Å². The minimum absolute atomic E-state index is 0.0122. The lowest BCUT2D eigenvalue weighted by Gasteiger charge is -2.30. The highest BCUT2D eigenvalue weighted by atomic mass is 79.9. The summed E-state index contributed by atoms with van der Waals surface area (Å²) in [5.74, 6) is 0. The van der Waals surface area contributed by atoms with Gasteiger partial charge in [-0.3, -0.25) is 0 Å². The van der Waals surface area contributed by atoms with Gasteiger partial charge < -0.3 is 0 Å². The van der Waals surface area contributed by atoms with E-state index in [1.54, 1.807) is 23.9 Å². The van der Waals surface area contributed by atoms with Crippen LogP contribution in [-0.4, -0.2) is 26.0 Å². The minimum atomic E-state index is -3.49. The third kappa shape index (κ3) is 3.91. The Hall–Kier alpha value is 0.250. The van der Waals surface area contributed by atoms with E-state index >= 15 is 0 Å². The zero-order valence-corrected chi connectivity index (χ0v) is 15.1. The molecule has 1 aromatic rings. The van der Waals surface area contributed by atoms with Crippen LogP contribution in [0.4, 0.5) is 0 Å². The summed E-state index contributed by atoms with van der Waals surface area (Å²) in [6.45, 7) is 0. The van der Waals surface area contributed by atoms with Crippen LogP contribution >= 0.6 is 39.3 Å². The molecule has 3 nitrogen and oxygen atoms in total. The molecule has 2 atom stereocenters. The van der Waals surface area contributed by atoms with Crippen LogP contribution in [-0.2, 0) is 10.0 Å². The quantitative estimate of drug-likeness (QED) is 0.832. The summed E-state index contributed by atoms with van der Waals surface area (Å²) in [5.41, 5.74) is 0. The Balaban J connectivity index is 2.19. The Morgan fingerprint density at radius 2 is 2.05 bits per heavy atom. The molecule has 0 saturated heterocycles. The highest BCUT2D eigenvalue weighted by Gasteiger charge is 2.29. The third-order valence-electron chi connectivity index (χ3n) is 3.51. The molecule has 1 aromatic carbocycles. The van der Waals surface area contributed by atoms with E-state index in [1.165, 1.54) is 12.5 Å². The highest BCUT2D eigenvalue weighted by Crippen LogP contribution is 2.29. The fraction of sp³-hybridized carbons (Fsp3) is 0.538. The third-order valence-corrected chi connectivity index (χ3v) is 7.38. The van der Waals surface area contributed by atoms with Crippen molar-refractivity contribution < 1.29 is 8.42 Å². The topological polar surface area (TPSA) is 46.2 Å². The van der Waals surface area contributed by atoms with E-state index < -0.39 is 10.0 Å². The van der Waals surface area contributed by atoms with Crippen molar-refractivity contribution in [2.45, 2.75) is 41.9 Å². The first-order chi connectivity index (χ1) is 9.44. The summed E-state index contributed by atoms with van der Waals surface area (Å²) < 4.78 is 28.3. The monoisotopic (exact) mass is 397 g/mol. The number of benzene rings is 1. The molecule has 1 fully saturated rings. The van der Waals surface area contributed by atoms with Crippen LogP contribution in [0.2, 0.25) is 5.02 Å². The summed E-state index contributed by atoms with van der Waals surface area (Å²) in [5, 5.41) is 0.859. The summed E-state index contributed by atoms with van der Waals surface area (Å²) in [6.07, 6.45) is 6.26. The molecule has 112 valence electrons. The van der Waals surface area contributed by atoms with Crippen molar-refractivity contribution in [2.24, 2.45) is 0 Å². The zero-order valence-electron chi connectivity index (χ0n) is 11.1. The summed E-state index contributed by atoms with van der Waals surface area (Å²) in [6, 6.07) is 4.68. The molecule has 0 amide bonds. The average Bonchev–Trinajstić information content (AvgIpc) is 2.42. The van der Waals surface area contributed by atoms with Crippen LogP contribution in [0.15, 0.2) is 27.6 Å². The zero-order chi connectivity index (χ0) is 14.8. The van der Waals surface area contributed by atoms with Gasteiger partial charge in [0, 0.05) is 15.8 Å². The second-order valence-electron chi connectivity index (χ2n) is 4.86. The van der Waals surface area contributed by atoms with Crippen LogP contribution in [0.3, 0.4) is 0 Å². The van der Waals surface area contributed by atoms with Crippen molar-refractivity contribution in [3.8, 4) is 0 Å². The Morgan fingerprint density at radius 3 is 2.70 bits per heavy atom. The molecule has 0 aromatic heterocycles. The maximum absolute atomic E-state index is 12.4. The van der Waals surface area contributed by atoms with E-state index in [1.807, 2.05) is 6.26 Å². The van der Waals surface area contributed by atoms with E-state index in [4.69, 9.17) is 11.6 Å². The van der Waals surface area contributed by atoms with Gasteiger partial charge in [-0.05, 0) is 53.2 Å². The van der Waals surface area contributed by atoms with E-state index in [9.17, 15) is 8.42 Å². The number of hydrogen-bond donors (Lipinski definition) is 1. The molecule has 1 N–H and O–H groups in total. The van der Waals surface area contributed by atoms with E-state index in [-0.39, 0.29) is 10.9 Å². The Kier molecular flexibility index (Phi) is 5.82. The van der Waals surface area contributed by atoms with Crippen molar-refractivity contribution in [2.75, 3.05) is 6.26 Å². The molecule has 2 rings (SSSR count). The van der Waals surface area contributed by atoms with E-state index in [0.717, 1.165) is 19.3 Å². The summed E-state index contributed by atoms with van der Waals surface area (Å²) in [7, 11) is -3.49. The van der Waals surface area contributed by atoms with Crippen molar-refractivity contribution in [1.82, 2.24) is 4.72 Å². The van der Waals surface area contributed by atoms with Crippen molar-refractivity contribution in [3.05, 3.63) is 27.7 Å². The molecule has 0 heterocycles. The maximum Gasteiger partial charge on any atom is 0.240 e. The van der Waals surface area contributed by atoms with Gasteiger partial charge in [-0.1, -0.05) is 24.4 Å². The predicted molar refractivity (Wildman–Crippen MR) is 89.0 cm³/mol. The summed E-state index contributed by atoms with van der Waals surface area (Å²) in [4.78, 5) is 0.249. The molecular weight excluding hydrogens is 382 g/mol. The maximum atomic E-state index is 12.4. The fourth-order valence-corrected chi connectivity index (χ4v) is 5.43. The number of hydrogen-bond acceptors (Lipinski definition) is 3. The average molecular weight is 399 g/mol. The van der Waals surface area contributed by atoms with Gasteiger partial charge >= 0.3 is 0 Å². The first-order valence-electron chi connectivity index (χ1n) is 6.44. The van der Waals surface area contributed by atoms with Crippen LogP contribution in [0, 0.1) is 0 Å². The summed E-state index contributed by atoms with van der Waals surface area (Å²) >= 11 is 10.9. The molecule has 1 saturated carbocycles. The first kappa shape index (κ1) is 16.6. The Bertz CT molecular complexity index is 580.